The third kappa shape index (κ3) is 2.23. The molecule has 1 aromatic carbocycles. The third-order valence-corrected chi connectivity index (χ3v) is 3.36. The molecule has 0 amide bonds. The molecule has 0 radical (unpaired) electrons. The van der Waals surface area contributed by atoms with Crippen molar-refractivity contribution in [1.29, 1.82) is 0 Å². The highest BCUT2D eigenvalue weighted by Gasteiger charge is 2.10. The minimum Gasteiger partial charge on any atom is -0.382 e. The Morgan fingerprint density at radius 3 is 2.90 bits per heavy atom. The molecule has 0 aliphatic rings. The van der Waals surface area contributed by atoms with E-state index in [1.54, 1.807) is 6.20 Å². The maximum Gasteiger partial charge on any atom is 0.145 e. The molecule has 0 saturated carbocycles. The highest BCUT2D eigenvalue weighted by Crippen LogP contribution is 2.27. The number of nitrogens with zero attached hydrogens (tertiary/aromatic N) is 2. The number of aromatic amines is 1. The van der Waals surface area contributed by atoms with Gasteiger partial charge in [0.2, 0.25) is 0 Å². The average molecular weight is 267 g/mol. The summed E-state index contributed by atoms with van der Waals surface area (Å²) >= 11 is 0. The smallest absolute Gasteiger partial charge is 0.145 e. The molecular weight excluding hydrogens is 250 g/mol. The second-order valence-corrected chi connectivity index (χ2v) is 4.73. The number of aromatic nitrogens is 3. The van der Waals surface area contributed by atoms with Crippen molar-refractivity contribution in [2.45, 2.75) is 12.8 Å². The van der Waals surface area contributed by atoms with Crippen LogP contribution in [0.5, 0.6) is 0 Å². The lowest BCUT2D eigenvalue weighted by Crippen LogP contribution is -2.06. The van der Waals surface area contributed by atoms with Crippen molar-refractivity contribution in [3.63, 3.8) is 0 Å². The Hall–Kier alpha value is -2.40. The van der Waals surface area contributed by atoms with Crippen LogP contribution in [0.4, 0.5) is 5.82 Å². The average Bonchev–Trinajstić information content (AvgIpc) is 2.90. The number of H-pyrrole nitrogens is 1. The number of rotatable bonds is 4. The zero-order chi connectivity index (χ0) is 13.9. The normalized spacial score (nSPS) is 11.1. The van der Waals surface area contributed by atoms with Gasteiger partial charge in [0.05, 0.1) is 17.6 Å². The Morgan fingerprint density at radius 1 is 1.20 bits per heavy atom. The van der Waals surface area contributed by atoms with E-state index in [1.807, 2.05) is 24.4 Å². The minimum absolute atomic E-state index is 0.488. The maximum atomic E-state index is 5.87. The van der Waals surface area contributed by atoms with E-state index in [4.69, 9.17) is 11.5 Å². The number of hydrogen-bond donors (Lipinski definition) is 3. The lowest BCUT2D eigenvalue weighted by atomic mass is 10.1. The quantitative estimate of drug-likeness (QED) is 0.674. The molecule has 102 valence electrons. The first-order chi connectivity index (χ1) is 9.79. The van der Waals surface area contributed by atoms with Crippen molar-refractivity contribution >= 4 is 16.7 Å². The Labute approximate surface area is 117 Å². The summed E-state index contributed by atoms with van der Waals surface area (Å²) in [5.41, 5.74) is 15.2. The van der Waals surface area contributed by atoms with Crippen LogP contribution in [0.15, 0.2) is 36.7 Å². The van der Waals surface area contributed by atoms with Crippen molar-refractivity contribution in [3.05, 3.63) is 42.4 Å². The molecule has 0 atom stereocenters. The maximum absolute atomic E-state index is 5.87. The van der Waals surface area contributed by atoms with Gasteiger partial charge in [0, 0.05) is 22.7 Å². The number of hydrogen-bond acceptors (Lipinski definition) is 4. The molecule has 2 aromatic heterocycles. The molecule has 3 rings (SSSR count). The molecule has 5 heteroatoms. The van der Waals surface area contributed by atoms with E-state index in [1.165, 1.54) is 0 Å². The molecule has 0 aliphatic heterocycles. The largest absolute Gasteiger partial charge is 0.382 e. The van der Waals surface area contributed by atoms with Gasteiger partial charge >= 0.3 is 0 Å². The van der Waals surface area contributed by atoms with E-state index in [0.717, 1.165) is 40.7 Å². The van der Waals surface area contributed by atoms with Gasteiger partial charge in [-0.3, -0.25) is 0 Å². The van der Waals surface area contributed by atoms with Crippen LogP contribution in [0.3, 0.4) is 0 Å². The van der Waals surface area contributed by atoms with E-state index in [2.05, 4.69) is 21.0 Å². The summed E-state index contributed by atoms with van der Waals surface area (Å²) in [5.74, 6) is 0.488. The van der Waals surface area contributed by atoms with Crippen molar-refractivity contribution in [3.8, 4) is 11.3 Å². The lowest BCUT2D eigenvalue weighted by Gasteiger charge is -2.06. The first kappa shape index (κ1) is 12.6. The molecule has 3 aromatic rings. The van der Waals surface area contributed by atoms with Gasteiger partial charge in [0.25, 0.3) is 0 Å². The Kier molecular flexibility index (Phi) is 3.35. The van der Waals surface area contributed by atoms with Crippen LogP contribution >= 0.6 is 0 Å². The standard InChI is InChI=1S/C15H17N5/c16-7-3-6-13-15(17)19-9-14(20-13)11-8-18-12-5-2-1-4-10(11)12/h1-2,4-5,8-9,18H,3,6-7,16H2,(H2,17,19). The zero-order valence-electron chi connectivity index (χ0n) is 11.1. The molecule has 20 heavy (non-hydrogen) atoms. The number of anilines is 1. The van der Waals surface area contributed by atoms with Gasteiger partial charge in [-0.25, -0.2) is 9.97 Å². The summed E-state index contributed by atoms with van der Waals surface area (Å²) in [6.07, 6.45) is 5.29. The van der Waals surface area contributed by atoms with Crippen LogP contribution in [-0.2, 0) is 6.42 Å². The summed E-state index contributed by atoms with van der Waals surface area (Å²) in [7, 11) is 0. The van der Waals surface area contributed by atoms with E-state index in [0.29, 0.717) is 12.4 Å². The minimum atomic E-state index is 0.488. The summed E-state index contributed by atoms with van der Waals surface area (Å²) < 4.78 is 0. The summed E-state index contributed by atoms with van der Waals surface area (Å²) in [6, 6.07) is 8.13. The van der Waals surface area contributed by atoms with Crippen LogP contribution in [-0.4, -0.2) is 21.5 Å². The van der Waals surface area contributed by atoms with E-state index in [-0.39, 0.29) is 0 Å². The van der Waals surface area contributed by atoms with Crippen LogP contribution in [0.25, 0.3) is 22.2 Å². The predicted octanol–water partition coefficient (Wildman–Crippen LogP) is 2.10. The van der Waals surface area contributed by atoms with Crippen LogP contribution < -0.4 is 11.5 Å². The molecular formula is C15H17N5. The molecule has 2 heterocycles. The molecule has 0 spiro atoms. The number of benzene rings is 1. The second-order valence-electron chi connectivity index (χ2n) is 4.73. The molecule has 0 aliphatic carbocycles. The Balaban J connectivity index is 2.05. The summed E-state index contributed by atoms with van der Waals surface area (Å²) in [4.78, 5) is 12.1. The van der Waals surface area contributed by atoms with Crippen molar-refractivity contribution < 1.29 is 0 Å². The summed E-state index contributed by atoms with van der Waals surface area (Å²) in [5, 5.41) is 1.14. The fourth-order valence-electron chi connectivity index (χ4n) is 2.30. The SMILES string of the molecule is NCCCc1nc(-c2c[nH]c3ccccc23)cnc1N. The fourth-order valence-corrected chi connectivity index (χ4v) is 2.30. The molecule has 0 saturated heterocycles. The highest BCUT2D eigenvalue weighted by molar-refractivity contribution is 5.94. The van der Waals surface area contributed by atoms with E-state index >= 15 is 0 Å². The summed E-state index contributed by atoms with van der Waals surface area (Å²) in [6.45, 7) is 0.623. The number of nitrogens with two attached hydrogens (primary N) is 2. The first-order valence-corrected chi connectivity index (χ1v) is 6.67. The predicted molar refractivity (Wildman–Crippen MR) is 81.1 cm³/mol. The number of fused-ring (bicyclic) bond motifs is 1. The van der Waals surface area contributed by atoms with Gasteiger partial charge in [-0.15, -0.1) is 0 Å². The van der Waals surface area contributed by atoms with Crippen LogP contribution in [0.1, 0.15) is 12.1 Å². The van der Waals surface area contributed by atoms with Crippen molar-refractivity contribution in [1.82, 2.24) is 15.0 Å². The van der Waals surface area contributed by atoms with Gasteiger partial charge in [-0.1, -0.05) is 18.2 Å². The van der Waals surface area contributed by atoms with Gasteiger partial charge in [0.15, 0.2) is 0 Å². The van der Waals surface area contributed by atoms with Crippen molar-refractivity contribution in [2.75, 3.05) is 12.3 Å². The monoisotopic (exact) mass is 267 g/mol. The number of nitrogens with one attached hydrogen (secondary N) is 1. The number of para-hydroxylation sites is 1. The lowest BCUT2D eigenvalue weighted by molar-refractivity contribution is 0.809. The van der Waals surface area contributed by atoms with Gasteiger partial charge < -0.3 is 16.5 Å². The topological polar surface area (TPSA) is 93.6 Å². The molecule has 0 unspecified atom stereocenters. The Bertz CT molecular complexity index is 732. The molecule has 5 N–H and O–H groups in total. The Morgan fingerprint density at radius 2 is 2.05 bits per heavy atom. The number of nitrogen functional groups attached to an aromatic ring is 1. The highest BCUT2D eigenvalue weighted by atomic mass is 14.9. The van der Waals surface area contributed by atoms with Crippen molar-refractivity contribution in [2.24, 2.45) is 5.73 Å². The third-order valence-electron chi connectivity index (χ3n) is 3.36. The first-order valence-electron chi connectivity index (χ1n) is 6.67. The fraction of sp³-hybridized carbons (Fsp3) is 0.200. The van der Waals surface area contributed by atoms with Gasteiger partial charge in [-0.2, -0.15) is 0 Å². The van der Waals surface area contributed by atoms with E-state index in [9.17, 15) is 0 Å². The van der Waals surface area contributed by atoms with Gasteiger partial charge in [0.1, 0.15) is 5.82 Å². The number of aryl methyl sites for hydroxylation is 1. The second kappa shape index (κ2) is 5.30. The molecule has 0 fully saturated rings. The van der Waals surface area contributed by atoms with E-state index < -0.39 is 0 Å². The molecule has 5 nitrogen and oxygen atoms in total. The van der Waals surface area contributed by atoms with Crippen LogP contribution in [0.2, 0.25) is 0 Å². The zero-order valence-corrected chi connectivity index (χ0v) is 11.1. The molecule has 0 bridgehead atoms. The van der Waals surface area contributed by atoms with Gasteiger partial charge in [-0.05, 0) is 25.5 Å². The van der Waals surface area contributed by atoms with Crippen LogP contribution in [0, 0.1) is 0 Å².